The van der Waals surface area contributed by atoms with E-state index in [-0.39, 0.29) is 24.5 Å². The number of hydrogen-bond donors (Lipinski definition) is 2. The molecule has 0 unspecified atom stereocenters. The maximum absolute atomic E-state index is 11.9. The SMILES string of the molecule is CCCN(CC(=O)O)C(=O)COc1ccccc1C(N)=O. The van der Waals surface area contributed by atoms with Gasteiger partial charge in [-0.3, -0.25) is 14.4 Å². The molecule has 0 bridgehead atoms. The number of amides is 2. The Kier molecular flexibility index (Phi) is 6.19. The fourth-order valence-electron chi connectivity index (χ4n) is 1.75. The van der Waals surface area contributed by atoms with Crippen molar-refractivity contribution < 1.29 is 24.2 Å². The van der Waals surface area contributed by atoms with Gasteiger partial charge in [0, 0.05) is 6.54 Å². The molecule has 0 saturated carbocycles. The van der Waals surface area contributed by atoms with Crippen molar-refractivity contribution in [2.45, 2.75) is 13.3 Å². The van der Waals surface area contributed by atoms with Crippen molar-refractivity contribution in [1.82, 2.24) is 4.90 Å². The molecule has 1 aromatic carbocycles. The summed E-state index contributed by atoms with van der Waals surface area (Å²) in [7, 11) is 0. The van der Waals surface area contributed by atoms with E-state index in [1.807, 2.05) is 6.92 Å². The molecule has 7 nitrogen and oxygen atoms in total. The second-order valence-corrected chi connectivity index (χ2v) is 4.36. The number of aliphatic carboxylic acids is 1. The molecular weight excluding hydrogens is 276 g/mol. The molecule has 21 heavy (non-hydrogen) atoms. The number of nitrogens with two attached hydrogens (primary N) is 1. The van der Waals surface area contributed by atoms with Gasteiger partial charge >= 0.3 is 5.97 Å². The Morgan fingerprint density at radius 1 is 1.29 bits per heavy atom. The molecule has 1 rings (SSSR count). The summed E-state index contributed by atoms with van der Waals surface area (Å²) in [5, 5.41) is 8.77. The van der Waals surface area contributed by atoms with Crippen LogP contribution in [0.15, 0.2) is 24.3 Å². The van der Waals surface area contributed by atoms with Crippen molar-refractivity contribution in [2.24, 2.45) is 5.73 Å². The van der Waals surface area contributed by atoms with E-state index >= 15 is 0 Å². The number of hydrogen-bond acceptors (Lipinski definition) is 4. The number of ether oxygens (including phenoxy) is 1. The summed E-state index contributed by atoms with van der Waals surface area (Å²) in [6, 6.07) is 6.29. The molecule has 0 aliphatic carbocycles. The number of carboxylic acid groups (broad SMARTS) is 1. The van der Waals surface area contributed by atoms with Gasteiger partial charge in [0.25, 0.3) is 11.8 Å². The zero-order chi connectivity index (χ0) is 15.8. The number of para-hydroxylation sites is 1. The summed E-state index contributed by atoms with van der Waals surface area (Å²) in [6.07, 6.45) is 0.636. The lowest BCUT2D eigenvalue weighted by Crippen LogP contribution is -2.39. The standard InChI is InChI=1S/C14H18N2O5/c1-2-7-16(8-13(18)19)12(17)9-21-11-6-4-3-5-10(11)14(15)20/h3-6H,2,7-9H2,1H3,(H2,15,20)(H,18,19). The number of benzene rings is 1. The lowest BCUT2D eigenvalue weighted by Gasteiger charge is -2.20. The zero-order valence-electron chi connectivity index (χ0n) is 11.7. The number of primary amides is 1. The van der Waals surface area contributed by atoms with Crippen LogP contribution in [0, 0.1) is 0 Å². The molecule has 7 heteroatoms. The monoisotopic (exact) mass is 294 g/mol. The van der Waals surface area contributed by atoms with E-state index in [0.29, 0.717) is 13.0 Å². The molecule has 0 spiro atoms. The first-order chi connectivity index (χ1) is 9.95. The highest BCUT2D eigenvalue weighted by atomic mass is 16.5. The minimum Gasteiger partial charge on any atom is -0.483 e. The van der Waals surface area contributed by atoms with Crippen LogP contribution in [0.4, 0.5) is 0 Å². The highest BCUT2D eigenvalue weighted by Gasteiger charge is 2.17. The van der Waals surface area contributed by atoms with Crippen LogP contribution in [-0.2, 0) is 9.59 Å². The summed E-state index contributed by atoms with van der Waals surface area (Å²) in [6.45, 7) is 1.43. The summed E-state index contributed by atoms with van der Waals surface area (Å²) in [5.74, 6) is -2.01. The van der Waals surface area contributed by atoms with Gasteiger partial charge in [-0.05, 0) is 18.6 Å². The van der Waals surface area contributed by atoms with Crippen molar-refractivity contribution in [1.29, 1.82) is 0 Å². The van der Waals surface area contributed by atoms with Crippen molar-refractivity contribution >= 4 is 17.8 Å². The Bertz CT molecular complexity index is 530. The Balaban J connectivity index is 2.71. The second-order valence-electron chi connectivity index (χ2n) is 4.36. The highest BCUT2D eigenvalue weighted by Crippen LogP contribution is 2.17. The van der Waals surface area contributed by atoms with Crippen LogP contribution in [0.2, 0.25) is 0 Å². The first kappa shape index (κ1) is 16.5. The fraction of sp³-hybridized carbons (Fsp3) is 0.357. The maximum Gasteiger partial charge on any atom is 0.323 e. The second kappa shape index (κ2) is 7.88. The van der Waals surface area contributed by atoms with E-state index in [0.717, 1.165) is 0 Å². The Morgan fingerprint density at radius 2 is 1.95 bits per heavy atom. The first-order valence-corrected chi connectivity index (χ1v) is 6.47. The normalized spacial score (nSPS) is 9.95. The van der Waals surface area contributed by atoms with Gasteiger partial charge in [-0.25, -0.2) is 0 Å². The topological polar surface area (TPSA) is 110 Å². The third-order valence-electron chi connectivity index (χ3n) is 2.68. The van der Waals surface area contributed by atoms with E-state index in [2.05, 4.69) is 0 Å². The van der Waals surface area contributed by atoms with E-state index in [9.17, 15) is 14.4 Å². The summed E-state index contributed by atoms with van der Waals surface area (Å²) in [5.41, 5.74) is 5.37. The van der Waals surface area contributed by atoms with Gasteiger partial charge in [-0.15, -0.1) is 0 Å². The predicted octanol–water partition coefficient (Wildman–Crippen LogP) is 0.487. The number of nitrogens with zero attached hydrogens (tertiary/aromatic N) is 1. The smallest absolute Gasteiger partial charge is 0.323 e. The first-order valence-electron chi connectivity index (χ1n) is 6.47. The number of carboxylic acids is 1. The average molecular weight is 294 g/mol. The van der Waals surface area contributed by atoms with Crippen molar-refractivity contribution in [3.8, 4) is 5.75 Å². The van der Waals surface area contributed by atoms with Crippen LogP contribution < -0.4 is 10.5 Å². The molecule has 0 aromatic heterocycles. The quantitative estimate of drug-likeness (QED) is 0.725. The van der Waals surface area contributed by atoms with E-state index < -0.39 is 17.8 Å². The van der Waals surface area contributed by atoms with E-state index in [1.54, 1.807) is 12.1 Å². The third kappa shape index (κ3) is 5.13. The lowest BCUT2D eigenvalue weighted by molar-refractivity contribution is -0.145. The van der Waals surface area contributed by atoms with Crippen LogP contribution in [0.3, 0.4) is 0 Å². The minimum absolute atomic E-state index is 0.172. The van der Waals surface area contributed by atoms with E-state index in [1.165, 1.54) is 17.0 Å². The van der Waals surface area contributed by atoms with Crippen LogP contribution in [0.25, 0.3) is 0 Å². The predicted molar refractivity (Wildman–Crippen MR) is 75.0 cm³/mol. The molecule has 0 atom stereocenters. The van der Waals surface area contributed by atoms with Crippen LogP contribution >= 0.6 is 0 Å². The maximum atomic E-state index is 11.9. The van der Waals surface area contributed by atoms with E-state index in [4.69, 9.17) is 15.6 Å². The molecule has 114 valence electrons. The largest absolute Gasteiger partial charge is 0.483 e. The Labute approximate surface area is 122 Å². The number of carbonyl (C=O) groups excluding carboxylic acids is 2. The summed E-state index contributed by atoms with van der Waals surface area (Å²) in [4.78, 5) is 35.1. The van der Waals surface area contributed by atoms with Crippen molar-refractivity contribution in [3.05, 3.63) is 29.8 Å². The molecule has 0 aliphatic rings. The lowest BCUT2D eigenvalue weighted by atomic mass is 10.2. The zero-order valence-corrected chi connectivity index (χ0v) is 11.7. The van der Waals surface area contributed by atoms with Gasteiger partial charge in [-0.1, -0.05) is 19.1 Å². The highest BCUT2D eigenvalue weighted by molar-refractivity contribution is 5.95. The van der Waals surface area contributed by atoms with Gasteiger partial charge in [-0.2, -0.15) is 0 Å². The molecule has 0 aliphatic heterocycles. The van der Waals surface area contributed by atoms with Crippen LogP contribution in [0.1, 0.15) is 23.7 Å². The van der Waals surface area contributed by atoms with Gasteiger partial charge in [0.1, 0.15) is 12.3 Å². The Morgan fingerprint density at radius 3 is 2.52 bits per heavy atom. The van der Waals surface area contributed by atoms with Gasteiger partial charge in [0.15, 0.2) is 6.61 Å². The van der Waals surface area contributed by atoms with Gasteiger partial charge in [0.2, 0.25) is 0 Å². The average Bonchev–Trinajstić information content (AvgIpc) is 2.44. The Hall–Kier alpha value is -2.57. The molecule has 0 fully saturated rings. The summed E-state index contributed by atoms with van der Waals surface area (Å²) < 4.78 is 5.28. The van der Waals surface area contributed by atoms with Gasteiger partial charge < -0.3 is 20.5 Å². The van der Waals surface area contributed by atoms with Crippen LogP contribution in [0.5, 0.6) is 5.75 Å². The molecule has 0 heterocycles. The fourth-order valence-corrected chi connectivity index (χ4v) is 1.75. The van der Waals surface area contributed by atoms with Crippen LogP contribution in [-0.4, -0.2) is 47.5 Å². The molecule has 0 radical (unpaired) electrons. The summed E-state index contributed by atoms with van der Waals surface area (Å²) >= 11 is 0. The van der Waals surface area contributed by atoms with Crippen molar-refractivity contribution in [2.75, 3.05) is 19.7 Å². The molecular formula is C14H18N2O5. The molecule has 3 N–H and O–H groups in total. The number of rotatable bonds is 8. The molecule has 0 saturated heterocycles. The minimum atomic E-state index is -1.09. The third-order valence-corrected chi connectivity index (χ3v) is 2.68. The van der Waals surface area contributed by atoms with Gasteiger partial charge in [0.05, 0.1) is 5.56 Å². The number of carbonyl (C=O) groups is 3. The molecule has 1 aromatic rings. The van der Waals surface area contributed by atoms with Crippen molar-refractivity contribution in [3.63, 3.8) is 0 Å². The molecule has 2 amide bonds.